The Balaban J connectivity index is 4.35. The Kier molecular flexibility index (Phi) is 5.40. The van der Waals surface area contributed by atoms with Crippen molar-refractivity contribution in [3.05, 3.63) is 48.9 Å². The van der Waals surface area contributed by atoms with Crippen LogP contribution in [0.5, 0.6) is 0 Å². The van der Waals surface area contributed by atoms with Gasteiger partial charge in [0.25, 0.3) is 8.11 Å². The number of allylic oxidation sites excluding steroid dienone is 6. The molecule has 0 aromatic rings. The summed E-state index contributed by atoms with van der Waals surface area (Å²) in [6, 6.07) is 0. The fourth-order valence-electron chi connectivity index (χ4n) is 0.452. The molecule has 0 aromatic heterocycles. The van der Waals surface area contributed by atoms with Gasteiger partial charge in [0.1, 0.15) is 0 Å². The summed E-state index contributed by atoms with van der Waals surface area (Å²) in [5, 5.41) is 0.133. The van der Waals surface area contributed by atoms with Crippen molar-refractivity contribution in [2.24, 2.45) is 0 Å². The van der Waals surface area contributed by atoms with Gasteiger partial charge in [0.05, 0.1) is 0 Å². The van der Waals surface area contributed by atoms with E-state index in [1.807, 2.05) is 0 Å². The highest BCUT2D eigenvalue weighted by atomic mass is 31.1. The third kappa shape index (κ3) is 4.51. The average Bonchev–Trinajstić information content (AvgIpc) is 1.97. The van der Waals surface area contributed by atoms with Gasteiger partial charge >= 0.3 is 0 Å². The predicted molar refractivity (Wildman–Crippen MR) is 47.7 cm³/mol. The largest absolute Gasteiger partial charge is 0.286 e. The van der Waals surface area contributed by atoms with E-state index in [9.17, 15) is 8.76 Å². The Labute approximate surface area is 66.5 Å². The van der Waals surface area contributed by atoms with Crippen LogP contribution in [0.1, 0.15) is 0 Å². The lowest BCUT2D eigenvalue weighted by atomic mass is 10.4. The zero-order valence-corrected chi connectivity index (χ0v) is 7.09. The standard InChI is InChI=1S/C8H10FOP/c1-3-5-6-7-8(4-2)11(9)10/h3-7,11H,1-2H2/b6-5-,8-7+. The molecule has 0 fully saturated rings. The number of hydrogen-bond acceptors (Lipinski definition) is 1. The van der Waals surface area contributed by atoms with Crippen molar-refractivity contribution in [2.75, 3.05) is 0 Å². The zero-order chi connectivity index (χ0) is 8.69. The van der Waals surface area contributed by atoms with E-state index in [1.165, 1.54) is 12.2 Å². The third-order valence-electron chi connectivity index (χ3n) is 0.970. The van der Waals surface area contributed by atoms with Crippen LogP contribution in [-0.2, 0) is 4.57 Å². The van der Waals surface area contributed by atoms with Crippen LogP contribution in [0.4, 0.5) is 4.20 Å². The Morgan fingerprint density at radius 1 is 1.36 bits per heavy atom. The molecule has 0 spiro atoms. The molecule has 0 N–H and O–H groups in total. The van der Waals surface area contributed by atoms with Gasteiger partial charge in [-0.25, -0.2) is 0 Å². The molecule has 0 rings (SSSR count). The van der Waals surface area contributed by atoms with Crippen LogP contribution in [0.25, 0.3) is 0 Å². The molecule has 0 saturated heterocycles. The monoisotopic (exact) mass is 172 g/mol. The fourth-order valence-corrected chi connectivity index (χ4v) is 0.839. The lowest BCUT2D eigenvalue weighted by Crippen LogP contribution is -1.61. The van der Waals surface area contributed by atoms with Crippen molar-refractivity contribution >= 4 is 8.11 Å². The minimum Gasteiger partial charge on any atom is -0.286 e. The van der Waals surface area contributed by atoms with Gasteiger partial charge in [-0.15, -0.1) is 0 Å². The van der Waals surface area contributed by atoms with E-state index >= 15 is 0 Å². The molecule has 0 radical (unpaired) electrons. The van der Waals surface area contributed by atoms with Gasteiger partial charge in [0, 0.05) is 5.31 Å². The van der Waals surface area contributed by atoms with Gasteiger partial charge in [-0.2, -0.15) is 4.20 Å². The third-order valence-corrected chi connectivity index (χ3v) is 1.79. The molecule has 0 amide bonds. The molecule has 1 nitrogen and oxygen atoms in total. The zero-order valence-electron chi connectivity index (χ0n) is 6.09. The number of rotatable bonds is 4. The first-order chi connectivity index (χ1) is 5.22. The molecule has 0 bridgehead atoms. The van der Waals surface area contributed by atoms with Crippen LogP contribution >= 0.6 is 8.11 Å². The molecule has 0 saturated carbocycles. The maximum atomic E-state index is 12.1. The molecule has 3 heteroatoms. The van der Waals surface area contributed by atoms with Gasteiger partial charge in [0.2, 0.25) is 0 Å². The minimum absolute atomic E-state index is 0.133. The highest BCUT2D eigenvalue weighted by Crippen LogP contribution is 2.33. The van der Waals surface area contributed by atoms with Crippen LogP contribution in [-0.4, -0.2) is 0 Å². The lowest BCUT2D eigenvalue weighted by molar-refractivity contribution is 0.565. The highest BCUT2D eigenvalue weighted by molar-refractivity contribution is 7.44. The first-order valence-corrected chi connectivity index (χ1v) is 4.32. The molecular formula is C8H10FOP. The lowest BCUT2D eigenvalue weighted by Gasteiger charge is -1.88. The van der Waals surface area contributed by atoms with Crippen LogP contribution < -0.4 is 0 Å². The smallest absolute Gasteiger partial charge is 0.261 e. The summed E-state index contributed by atoms with van der Waals surface area (Å²) < 4.78 is 22.4. The summed E-state index contributed by atoms with van der Waals surface area (Å²) in [7, 11) is -3.10. The molecule has 0 heterocycles. The predicted octanol–water partition coefficient (Wildman–Crippen LogP) is 3.24. The second-order valence-corrected chi connectivity index (χ2v) is 2.85. The summed E-state index contributed by atoms with van der Waals surface area (Å²) in [4.78, 5) is 0. The van der Waals surface area contributed by atoms with Crippen molar-refractivity contribution in [1.29, 1.82) is 0 Å². The van der Waals surface area contributed by atoms with Gasteiger partial charge in [0.15, 0.2) is 0 Å². The number of halogens is 1. The van der Waals surface area contributed by atoms with Crippen LogP contribution in [0, 0.1) is 0 Å². The van der Waals surface area contributed by atoms with E-state index in [0.717, 1.165) is 0 Å². The van der Waals surface area contributed by atoms with Gasteiger partial charge < -0.3 is 0 Å². The van der Waals surface area contributed by atoms with E-state index in [0.29, 0.717) is 0 Å². The van der Waals surface area contributed by atoms with Crippen molar-refractivity contribution in [3.63, 3.8) is 0 Å². The van der Waals surface area contributed by atoms with Crippen LogP contribution in [0.2, 0.25) is 0 Å². The van der Waals surface area contributed by atoms with E-state index in [2.05, 4.69) is 13.2 Å². The van der Waals surface area contributed by atoms with E-state index in [1.54, 1.807) is 18.2 Å². The fraction of sp³-hybridized carbons (Fsp3) is 0. The van der Waals surface area contributed by atoms with Crippen molar-refractivity contribution in [3.8, 4) is 0 Å². The Morgan fingerprint density at radius 2 is 2.00 bits per heavy atom. The summed E-state index contributed by atoms with van der Waals surface area (Å²) in [6.45, 7) is 6.74. The summed E-state index contributed by atoms with van der Waals surface area (Å²) in [5.74, 6) is 0. The second kappa shape index (κ2) is 5.87. The van der Waals surface area contributed by atoms with E-state index in [-0.39, 0.29) is 5.31 Å². The Morgan fingerprint density at radius 3 is 2.36 bits per heavy atom. The van der Waals surface area contributed by atoms with Crippen molar-refractivity contribution in [1.82, 2.24) is 0 Å². The molecule has 0 aliphatic carbocycles. The molecule has 60 valence electrons. The maximum absolute atomic E-state index is 12.1. The van der Waals surface area contributed by atoms with Gasteiger partial charge in [-0.1, -0.05) is 37.5 Å². The second-order valence-electron chi connectivity index (χ2n) is 1.72. The molecule has 0 aromatic carbocycles. The summed E-state index contributed by atoms with van der Waals surface area (Å²) >= 11 is 0. The SMILES string of the molecule is C=C/C=C\C=C(/C=C)[PH](=O)F. The topological polar surface area (TPSA) is 17.1 Å². The highest BCUT2D eigenvalue weighted by Gasteiger charge is 1.96. The summed E-state index contributed by atoms with van der Waals surface area (Å²) in [5.41, 5.74) is 0. The average molecular weight is 172 g/mol. The first kappa shape index (κ1) is 10.1. The Bertz CT molecular complexity index is 228. The normalized spacial score (nSPS) is 14.8. The van der Waals surface area contributed by atoms with Gasteiger partial charge in [-0.05, 0) is 6.08 Å². The van der Waals surface area contributed by atoms with Crippen molar-refractivity contribution in [2.45, 2.75) is 0 Å². The maximum Gasteiger partial charge on any atom is 0.261 e. The summed E-state index contributed by atoms with van der Waals surface area (Å²) in [6.07, 6.45) is 7.39. The molecule has 0 aliphatic rings. The number of hydrogen-bond donors (Lipinski definition) is 0. The van der Waals surface area contributed by atoms with Gasteiger partial charge in [-0.3, -0.25) is 4.57 Å². The molecule has 1 atom stereocenters. The minimum atomic E-state index is -3.10. The molecule has 1 unspecified atom stereocenters. The van der Waals surface area contributed by atoms with Crippen molar-refractivity contribution < 1.29 is 8.76 Å². The molecule has 0 aliphatic heterocycles. The Hall–Kier alpha value is -0.880. The quantitative estimate of drug-likeness (QED) is 0.470. The first-order valence-electron chi connectivity index (χ1n) is 3.04. The van der Waals surface area contributed by atoms with E-state index < -0.39 is 8.11 Å². The van der Waals surface area contributed by atoms with Crippen LogP contribution in [0.3, 0.4) is 0 Å². The molecule has 11 heavy (non-hydrogen) atoms. The van der Waals surface area contributed by atoms with Crippen LogP contribution in [0.15, 0.2) is 48.9 Å². The molecular weight excluding hydrogens is 162 g/mol. The van der Waals surface area contributed by atoms with E-state index in [4.69, 9.17) is 0 Å².